The second-order valence-electron chi connectivity index (χ2n) is 4.14. The van der Waals surface area contributed by atoms with E-state index in [1.807, 2.05) is 0 Å². The van der Waals surface area contributed by atoms with Crippen molar-refractivity contribution < 1.29 is 5.21 Å². The lowest BCUT2D eigenvalue weighted by Gasteiger charge is -2.37. The van der Waals surface area contributed by atoms with Crippen LogP contribution in [-0.2, 0) is 0 Å². The van der Waals surface area contributed by atoms with Crippen molar-refractivity contribution in [3.63, 3.8) is 0 Å². The average Bonchev–Trinajstić information content (AvgIpc) is 1.57. The maximum atomic E-state index is 8.36. The number of hydrogen-bond acceptors (Lipinski definition) is 2. The van der Waals surface area contributed by atoms with Crippen LogP contribution < -0.4 is 0 Å². The molecular formula is C8H15NO. The minimum atomic E-state index is 0.383. The molecule has 1 rings (SSSR count). The molecule has 0 aliphatic heterocycles. The highest BCUT2D eigenvalue weighted by atomic mass is 16.4. The summed E-state index contributed by atoms with van der Waals surface area (Å²) in [5.74, 6) is 0.721. The molecule has 0 aromatic heterocycles. The van der Waals surface area contributed by atoms with E-state index in [2.05, 4.69) is 25.9 Å². The van der Waals surface area contributed by atoms with Crippen LogP contribution in [0.2, 0.25) is 0 Å². The van der Waals surface area contributed by atoms with E-state index in [1.54, 1.807) is 0 Å². The van der Waals surface area contributed by atoms with E-state index in [0.29, 0.717) is 5.41 Å². The van der Waals surface area contributed by atoms with E-state index in [9.17, 15) is 0 Å². The molecule has 0 atom stereocenters. The lowest BCUT2D eigenvalue weighted by Crippen LogP contribution is -2.34. The Hall–Kier alpha value is -0.530. The molecule has 0 heterocycles. The van der Waals surface area contributed by atoms with Crippen LogP contribution in [-0.4, -0.2) is 10.9 Å². The van der Waals surface area contributed by atoms with Gasteiger partial charge in [0.1, 0.15) is 0 Å². The summed E-state index contributed by atoms with van der Waals surface area (Å²) in [6.45, 7) is 6.68. The SMILES string of the molecule is CC(C)(C)C1CC(=NO)C1. The minimum Gasteiger partial charge on any atom is -0.411 e. The number of nitrogens with zero attached hydrogens (tertiary/aromatic N) is 1. The van der Waals surface area contributed by atoms with Crippen LogP contribution in [0.4, 0.5) is 0 Å². The van der Waals surface area contributed by atoms with E-state index in [4.69, 9.17) is 5.21 Å². The molecule has 0 aromatic rings. The lowest BCUT2D eigenvalue weighted by atomic mass is 9.67. The summed E-state index contributed by atoms with van der Waals surface area (Å²) >= 11 is 0. The van der Waals surface area contributed by atoms with Crippen molar-refractivity contribution >= 4 is 5.71 Å². The Kier molecular flexibility index (Phi) is 1.71. The topological polar surface area (TPSA) is 32.6 Å². The molecular weight excluding hydrogens is 126 g/mol. The molecule has 0 amide bonds. The smallest absolute Gasteiger partial charge is 0.0577 e. The molecule has 2 heteroatoms. The molecule has 0 bridgehead atoms. The van der Waals surface area contributed by atoms with E-state index in [1.165, 1.54) is 0 Å². The molecule has 1 N–H and O–H groups in total. The van der Waals surface area contributed by atoms with Crippen LogP contribution in [0.25, 0.3) is 0 Å². The summed E-state index contributed by atoms with van der Waals surface area (Å²) < 4.78 is 0. The quantitative estimate of drug-likeness (QED) is 0.407. The zero-order valence-electron chi connectivity index (χ0n) is 6.89. The summed E-state index contributed by atoms with van der Waals surface area (Å²) in [5, 5.41) is 11.5. The highest BCUT2D eigenvalue weighted by Crippen LogP contribution is 2.39. The maximum absolute atomic E-state index is 8.36. The molecule has 0 aromatic carbocycles. The fourth-order valence-corrected chi connectivity index (χ4v) is 1.20. The van der Waals surface area contributed by atoms with E-state index in [-0.39, 0.29) is 0 Å². The molecule has 1 aliphatic carbocycles. The van der Waals surface area contributed by atoms with E-state index in [0.717, 1.165) is 24.5 Å². The predicted molar refractivity (Wildman–Crippen MR) is 41.4 cm³/mol. The zero-order chi connectivity index (χ0) is 7.78. The molecule has 0 spiro atoms. The molecule has 1 saturated carbocycles. The third-order valence-electron chi connectivity index (χ3n) is 2.33. The van der Waals surface area contributed by atoms with Gasteiger partial charge in [-0.1, -0.05) is 25.9 Å². The van der Waals surface area contributed by atoms with Crippen molar-refractivity contribution in [3.05, 3.63) is 0 Å². The second-order valence-corrected chi connectivity index (χ2v) is 4.14. The van der Waals surface area contributed by atoms with E-state index < -0.39 is 0 Å². The fraction of sp³-hybridized carbons (Fsp3) is 0.875. The average molecular weight is 141 g/mol. The van der Waals surface area contributed by atoms with Crippen molar-refractivity contribution in [2.75, 3.05) is 0 Å². The lowest BCUT2D eigenvalue weighted by molar-refractivity contribution is 0.214. The summed E-state index contributed by atoms with van der Waals surface area (Å²) in [4.78, 5) is 0. The van der Waals surface area contributed by atoms with Crippen molar-refractivity contribution in [1.29, 1.82) is 0 Å². The number of rotatable bonds is 0. The van der Waals surface area contributed by atoms with Gasteiger partial charge in [-0.05, 0) is 24.2 Å². The first-order valence-electron chi connectivity index (χ1n) is 3.74. The van der Waals surface area contributed by atoms with Crippen molar-refractivity contribution in [1.82, 2.24) is 0 Å². The summed E-state index contributed by atoms with van der Waals surface area (Å²) in [5.41, 5.74) is 1.34. The Labute approximate surface area is 61.9 Å². The molecule has 0 unspecified atom stereocenters. The van der Waals surface area contributed by atoms with Gasteiger partial charge in [-0.2, -0.15) is 0 Å². The van der Waals surface area contributed by atoms with Gasteiger partial charge in [0.15, 0.2) is 0 Å². The molecule has 1 fully saturated rings. The minimum absolute atomic E-state index is 0.383. The highest BCUT2D eigenvalue weighted by molar-refractivity contribution is 5.89. The van der Waals surface area contributed by atoms with Gasteiger partial charge in [-0.3, -0.25) is 0 Å². The highest BCUT2D eigenvalue weighted by Gasteiger charge is 2.34. The largest absolute Gasteiger partial charge is 0.411 e. The number of oxime groups is 1. The maximum Gasteiger partial charge on any atom is 0.0577 e. The van der Waals surface area contributed by atoms with Crippen LogP contribution in [0.5, 0.6) is 0 Å². The van der Waals surface area contributed by atoms with Gasteiger partial charge < -0.3 is 5.21 Å². The summed E-state index contributed by atoms with van der Waals surface area (Å²) in [6.07, 6.45) is 1.97. The summed E-state index contributed by atoms with van der Waals surface area (Å²) in [6, 6.07) is 0. The molecule has 58 valence electrons. The van der Waals surface area contributed by atoms with Gasteiger partial charge in [0.05, 0.1) is 5.71 Å². The van der Waals surface area contributed by atoms with Crippen LogP contribution >= 0.6 is 0 Å². The second kappa shape index (κ2) is 2.26. The van der Waals surface area contributed by atoms with Crippen LogP contribution in [0.3, 0.4) is 0 Å². The van der Waals surface area contributed by atoms with Gasteiger partial charge in [0.2, 0.25) is 0 Å². The standard InChI is InChI=1S/C8H15NO/c1-8(2,3)6-4-7(5-6)9-10/h6,10H,4-5H2,1-3H3. The monoisotopic (exact) mass is 141 g/mol. The molecule has 1 aliphatic rings. The Morgan fingerprint density at radius 3 is 2.20 bits per heavy atom. The van der Waals surface area contributed by atoms with Gasteiger partial charge in [-0.25, -0.2) is 0 Å². The first-order chi connectivity index (χ1) is 4.54. The van der Waals surface area contributed by atoms with Gasteiger partial charge in [0, 0.05) is 0 Å². The normalized spacial score (nSPS) is 25.9. The summed E-state index contributed by atoms with van der Waals surface area (Å²) in [7, 11) is 0. The Morgan fingerprint density at radius 2 is 1.90 bits per heavy atom. The first kappa shape index (κ1) is 7.58. The molecule has 10 heavy (non-hydrogen) atoms. The first-order valence-corrected chi connectivity index (χ1v) is 3.74. The zero-order valence-corrected chi connectivity index (χ0v) is 6.89. The van der Waals surface area contributed by atoms with Crippen LogP contribution in [0.15, 0.2) is 5.16 Å². The Balaban J connectivity index is 2.40. The van der Waals surface area contributed by atoms with Crippen LogP contribution in [0, 0.1) is 11.3 Å². The Bertz CT molecular complexity index is 147. The third-order valence-corrected chi connectivity index (χ3v) is 2.33. The van der Waals surface area contributed by atoms with Crippen molar-refractivity contribution in [3.8, 4) is 0 Å². The predicted octanol–water partition coefficient (Wildman–Crippen LogP) is 2.27. The molecule has 2 nitrogen and oxygen atoms in total. The van der Waals surface area contributed by atoms with Gasteiger partial charge in [-0.15, -0.1) is 0 Å². The fourth-order valence-electron chi connectivity index (χ4n) is 1.20. The van der Waals surface area contributed by atoms with Gasteiger partial charge >= 0.3 is 0 Å². The van der Waals surface area contributed by atoms with Crippen LogP contribution in [0.1, 0.15) is 33.6 Å². The van der Waals surface area contributed by atoms with Crippen molar-refractivity contribution in [2.45, 2.75) is 33.6 Å². The Morgan fingerprint density at radius 1 is 1.40 bits per heavy atom. The molecule has 0 radical (unpaired) electrons. The third kappa shape index (κ3) is 1.31. The van der Waals surface area contributed by atoms with E-state index >= 15 is 0 Å². The van der Waals surface area contributed by atoms with Crippen molar-refractivity contribution in [2.24, 2.45) is 16.5 Å². The number of hydrogen-bond donors (Lipinski definition) is 1. The van der Waals surface area contributed by atoms with Gasteiger partial charge in [0.25, 0.3) is 0 Å². The molecule has 0 saturated heterocycles.